The van der Waals surface area contributed by atoms with Crippen molar-refractivity contribution in [3.8, 4) is 11.8 Å². The lowest BCUT2D eigenvalue weighted by molar-refractivity contribution is -0.432. The number of fused-ring (bicyclic) bond motifs is 2. The SMILES string of the molecule is Cc1cc(Nc2nc(O)nc(Nc3cccc4cc(SOOO)c(N=Nc5ccc6ccccc6c5S(=O)(=O)O)c(O)c34)n2)c(SOOO)cc1C. The number of phenols is 1. The van der Waals surface area contributed by atoms with Crippen molar-refractivity contribution in [2.24, 2.45) is 10.2 Å². The average Bonchev–Trinajstić information content (AvgIpc) is 3.10. The fourth-order valence-electron chi connectivity index (χ4n) is 5.13. The Morgan fingerprint density at radius 1 is 0.731 bits per heavy atom. The number of azo groups is 1. The summed E-state index contributed by atoms with van der Waals surface area (Å²) < 4.78 is 44.2. The lowest BCUT2D eigenvalue weighted by Crippen LogP contribution is -2.05. The van der Waals surface area contributed by atoms with Crippen LogP contribution in [0, 0.1) is 13.8 Å². The number of rotatable bonds is 13. The highest BCUT2D eigenvalue weighted by atomic mass is 32.2. The molecule has 0 fully saturated rings. The lowest BCUT2D eigenvalue weighted by atomic mass is 10.1. The van der Waals surface area contributed by atoms with Crippen molar-refractivity contribution in [1.29, 1.82) is 0 Å². The monoisotopic (exact) mass is 767 g/mol. The van der Waals surface area contributed by atoms with Crippen LogP contribution in [0.1, 0.15) is 11.1 Å². The number of aromatic hydroxyl groups is 2. The molecule has 1 heterocycles. The molecule has 0 bridgehead atoms. The molecule has 268 valence electrons. The van der Waals surface area contributed by atoms with Gasteiger partial charge in [-0.1, -0.05) is 52.5 Å². The van der Waals surface area contributed by atoms with Gasteiger partial charge in [0.2, 0.25) is 11.9 Å². The second-order valence-electron chi connectivity index (χ2n) is 10.7. The lowest BCUT2D eigenvalue weighted by Gasteiger charge is -2.15. The molecule has 6 aromatic rings. The van der Waals surface area contributed by atoms with Gasteiger partial charge in [-0.05, 0) is 66.1 Å². The minimum absolute atomic E-state index is 0.0797. The summed E-state index contributed by atoms with van der Waals surface area (Å²) in [4.78, 5) is 12.3. The molecule has 5 aromatic carbocycles. The maximum absolute atomic E-state index is 12.5. The van der Waals surface area contributed by atoms with Crippen LogP contribution in [0.4, 0.5) is 34.6 Å². The Hall–Kier alpha value is -5.20. The zero-order chi connectivity index (χ0) is 37.0. The quantitative estimate of drug-likeness (QED) is 0.0192. The zero-order valence-corrected chi connectivity index (χ0v) is 29.0. The van der Waals surface area contributed by atoms with Gasteiger partial charge in [-0.3, -0.25) is 4.55 Å². The molecule has 0 radical (unpaired) electrons. The van der Waals surface area contributed by atoms with Gasteiger partial charge in [0.25, 0.3) is 10.1 Å². The minimum Gasteiger partial charge on any atom is -0.505 e. The highest BCUT2D eigenvalue weighted by Gasteiger charge is 2.22. The number of phenolic OH excluding ortho intramolecular Hbond substituents is 1. The number of hydrogen-bond donors (Lipinski definition) is 7. The summed E-state index contributed by atoms with van der Waals surface area (Å²) in [5.41, 5.74) is 2.01. The van der Waals surface area contributed by atoms with Gasteiger partial charge in [0, 0.05) is 10.8 Å². The van der Waals surface area contributed by atoms with E-state index in [1.807, 2.05) is 13.8 Å². The Morgan fingerprint density at radius 3 is 2.10 bits per heavy atom. The van der Waals surface area contributed by atoms with E-state index in [2.05, 4.69) is 54.6 Å². The molecule has 0 aliphatic heterocycles. The molecular weight excluding hydrogens is 743 g/mol. The van der Waals surface area contributed by atoms with E-state index < -0.39 is 26.8 Å². The molecule has 0 spiro atoms. The van der Waals surface area contributed by atoms with Gasteiger partial charge in [-0.25, -0.2) is 10.5 Å². The highest BCUT2D eigenvalue weighted by Crippen LogP contribution is 2.47. The molecule has 7 N–H and O–H groups in total. The third-order valence-electron chi connectivity index (χ3n) is 7.47. The first-order valence-corrected chi connectivity index (χ1v) is 17.5. The molecule has 0 atom stereocenters. The fourth-order valence-corrected chi connectivity index (χ4v) is 6.99. The van der Waals surface area contributed by atoms with E-state index in [0.717, 1.165) is 11.1 Å². The number of benzene rings is 5. The van der Waals surface area contributed by atoms with E-state index in [0.29, 0.717) is 45.4 Å². The van der Waals surface area contributed by atoms with Gasteiger partial charge >= 0.3 is 6.01 Å². The van der Waals surface area contributed by atoms with E-state index in [9.17, 15) is 23.2 Å². The Labute approximate surface area is 302 Å². The first-order valence-electron chi connectivity index (χ1n) is 14.6. The van der Waals surface area contributed by atoms with Crippen molar-refractivity contribution in [3.63, 3.8) is 0 Å². The Bertz CT molecular complexity index is 2460. The second kappa shape index (κ2) is 15.6. The van der Waals surface area contributed by atoms with Crippen LogP contribution in [0.15, 0.2) is 97.7 Å². The van der Waals surface area contributed by atoms with E-state index in [-0.39, 0.29) is 44.6 Å². The summed E-state index contributed by atoms with van der Waals surface area (Å²) in [6.45, 7) is 3.75. The van der Waals surface area contributed by atoms with Crippen LogP contribution in [0.2, 0.25) is 0 Å². The zero-order valence-electron chi connectivity index (χ0n) is 26.6. The van der Waals surface area contributed by atoms with Crippen LogP contribution in [-0.4, -0.2) is 48.7 Å². The molecule has 0 unspecified atom stereocenters. The number of nitrogens with zero attached hydrogens (tertiary/aromatic N) is 5. The maximum Gasteiger partial charge on any atom is 0.320 e. The molecule has 0 amide bonds. The number of anilines is 4. The van der Waals surface area contributed by atoms with Crippen LogP contribution in [0.25, 0.3) is 21.5 Å². The van der Waals surface area contributed by atoms with Crippen LogP contribution in [0.3, 0.4) is 0 Å². The molecule has 6 rings (SSSR count). The van der Waals surface area contributed by atoms with Crippen LogP contribution in [-0.2, 0) is 28.9 Å². The van der Waals surface area contributed by atoms with Crippen molar-refractivity contribution >= 4 is 90.4 Å². The molecule has 18 nitrogen and oxygen atoms in total. The number of aromatic nitrogens is 3. The van der Waals surface area contributed by atoms with E-state index in [1.54, 1.807) is 54.6 Å². The average molecular weight is 768 g/mol. The largest absolute Gasteiger partial charge is 0.505 e. The van der Waals surface area contributed by atoms with Crippen molar-refractivity contribution in [2.45, 2.75) is 28.5 Å². The summed E-state index contributed by atoms with van der Waals surface area (Å²) >= 11 is 1.18. The van der Waals surface area contributed by atoms with E-state index in [4.69, 9.17) is 10.5 Å². The van der Waals surface area contributed by atoms with Gasteiger partial charge in [-0.2, -0.15) is 23.4 Å². The highest BCUT2D eigenvalue weighted by molar-refractivity contribution is 7.95. The number of nitrogens with one attached hydrogen (secondary N) is 2. The van der Waals surface area contributed by atoms with E-state index >= 15 is 0 Å². The predicted octanol–water partition coefficient (Wildman–Crippen LogP) is 8.21. The smallest absolute Gasteiger partial charge is 0.320 e. The molecule has 0 saturated heterocycles. The van der Waals surface area contributed by atoms with Crippen molar-refractivity contribution in [1.82, 2.24) is 15.0 Å². The summed E-state index contributed by atoms with van der Waals surface area (Å²) in [7, 11) is -4.79. The molecule has 0 saturated carbocycles. The second-order valence-corrected chi connectivity index (χ2v) is 13.5. The van der Waals surface area contributed by atoms with Crippen molar-refractivity contribution < 1.29 is 52.4 Å². The first-order chi connectivity index (χ1) is 25.0. The summed E-state index contributed by atoms with van der Waals surface area (Å²) in [5.74, 6) is -0.724. The third kappa shape index (κ3) is 7.98. The standard InChI is InChI=1S/C31H25N7O11S3/c1-15-12-22(23(13-16(15)2)50-48-46-41)33-30-34-29(35-31(40)36-30)32-20-9-5-7-18-14-24(51-49-47-42)26(27(39)25(18)20)38-37-21-11-10-17-6-3-4-8-19(17)28(21)52(43,44)45/h3-14,39,41-42H,1-2H3,(H,43,44,45)(H3,32,33,34,35,36,40). The minimum atomic E-state index is -4.79. The van der Waals surface area contributed by atoms with Gasteiger partial charge in [-0.15, -0.1) is 18.9 Å². The summed E-state index contributed by atoms with van der Waals surface area (Å²) in [6.07, 6.45) is 0. The van der Waals surface area contributed by atoms with Gasteiger partial charge in [0.1, 0.15) is 16.3 Å². The molecule has 1 aromatic heterocycles. The first kappa shape index (κ1) is 36.6. The molecule has 0 aliphatic rings. The summed E-state index contributed by atoms with van der Waals surface area (Å²) in [6, 6.07) is 18.6. The van der Waals surface area contributed by atoms with Crippen LogP contribution >= 0.6 is 24.1 Å². The van der Waals surface area contributed by atoms with Crippen LogP contribution in [0.5, 0.6) is 11.8 Å². The summed E-state index contributed by atoms with van der Waals surface area (Å²) in [5, 5.41) is 62.4. The van der Waals surface area contributed by atoms with Gasteiger partial charge in [0.05, 0.1) is 45.3 Å². The van der Waals surface area contributed by atoms with E-state index in [1.165, 1.54) is 18.2 Å². The third-order valence-corrected chi connectivity index (χ3v) is 9.68. The Morgan fingerprint density at radius 2 is 1.38 bits per heavy atom. The molecule has 21 heteroatoms. The molecular formula is C31H25N7O11S3. The Kier molecular flexibility index (Phi) is 11.0. The number of aryl methyl sites for hydroxylation is 2. The topological polar surface area (TPSA) is 260 Å². The van der Waals surface area contributed by atoms with Crippen molar-refractivity contribution in [3.05, 3.63) is 83.9 Å². The molecule has 0 aliphatic carbocycles. The van der Waals surface area contributed by atoms with Gasteiger partial charge in [0.15, 0.2) is 5.75 Å². The van der Waals surface area contributed by atoms with Crippen LogP contribution < -0.4 is 10.6 Å². The van der Waals surface area contributed by atoms with Gasteiger partial charge < -0.3 is 20.8 Å². The molecule has 52 heavy (non-hydrogen) atoms. The maximum atomic E-state index is 12.5. The predicted molar refractivity (Wildman–Crippen MR) is 189 cm³/mol. The Balaban J connectivity index is 1.41. The fraction of sp³-hybridized carbons (Fsp3) is 0.0645. The normalized spacial score (nSPS) is 11.9. The van der Waals surface area contributed by atoms with Crippen molar-refractivity contribution in [2.75, 3.05) is 10.6 Å². The number of hydrogen-bond acceptors (Lipinski definition) is 19.